The van der Waals surface area contributed by atoms with Crippen LogP contribution in [0.4, 0.5) is 0 Å². The first-order valence-corrected chi connectivity index (χ1v) is 11.8. The zero-order valence-corrected chi connectivity index (χ0v) is 18.3. The molecule has 1 unspecified atom stereocenters. The van der Waals surface area contributed by atoms with E-state index in [0.29, 0.717) is 30.0 Å². The fourth-order valence-electron chi connectivity index (χ4n) is 7.78. The molecule has 0 N–H and O–H groups in total. The maximum Gasteiger partial charge on any atom is 0.159 e. The summed E-state index contributed by atoms with van der Waals surface area (Å²) in [5.41, 5.74) is 2.60. The molecule has 30 heavy (non-hydrogen) atoms. The third-order valence-corrected chi connectivity index (χ3v) is 9.41. The Bertz CT molecular complexity index is 916. The molecule has 0 saturated heterocycles. The van der Waals surface area contributed by atoms with Crippen molar-refractivity contribution in [2.45, 2.75) is 65.2 Å². The van der Waals surface area contributed by atoms with Crippen LogP contribution in [0.3, 0.4) is 0 Å². The minimum absolute atomic E-state index is 0.120. The minimum atomic E-state index is 0.120. The molecule has 3 fully saturated rings. The van der Waals surface area contributed by atoms with Crippen LogP contribution in [0, 0.1) is 34.5 Å². The number of fused-ring (bicyclic) bond motifs is 5. The molecule has 5 rings (SSSR count). The monoisotopic (exact) mass is 403 g/mol. The highest BCUT2D eigenvalue weighted by Gasteiger charge is 2.59. The Morgan fingerprint density at radius 3 is 2.73 bits per heavy atom. The molecule has 3 saturated carbocycles. The standard InChI is InChI=1S/C27H33NO2/c1-26-14-12-20(29)17-18(26)6-8-21-22-9-10-24(27(22,2)15-13-23(21)26)25(30)11-7-19-5-3-4-16-28-19/h3-5,7,11,16-17,21-24H,6,8-10,12-15H2,1-2H3/t21-,22-,23-,24?,26-,27-/m0/s1. The van der Waals surface area contributed by atoms with E-state index in [4.69, 9.17) is 0 Å². The van der Waals surface area contributed by atoms with Gasteiger partial charge in [0.2, 0.25) is 0 Å². The Labute approximate surface area is 180 Å². The molecular formula is C27H33NO2. The van der Waals surface area contributed by atoms with Crippen molar-refractivity contribution in [2.24, 2.45) is 34.5 Å². The van der Waals surface area contributed by atoms with Gasteiger partial charge in [-0.1, -0.05) is 25.5 Å². The minimum Gasteiger partial charge on any atom is -0.295 e. The molecule has 0 radical (unpaired) electrons. The van der Waals surface area contributed by atoms with Gasteiger partial charge in [0.05, 0.1) is 5.69 Å². The van der Waals surface area contributed by atoms with E-state index in [1.165, 1.54) is 24.8 Å². The summed E-state index contributed by atoms with van der Waals surface area (Å²) in [6.45, 7) is 4.83. The Morgan fingerprint density at radius 2 is 1.93 bits per heavy atom. The molecular weight excluding hydrogens is 370 g/mol. The van der Waals surface area contributed by atoms with Gasteiger partial charge in [-0.15, -0.1) is 0 Å². The topological polar surface area (TPSA) is 47.0 Å². The van der Waals surface area contributed by atoms with Gasteiger partial charge in [-0.3, -0.25) is 14.6 Å². The highest BCUT2D eigenvalue weighted by atomic mass is 16.1. The molecule has 0 bridgehead atoms. The second-order valence-corrected chi connectivity index (χ2v) is 10.6. The number of pyridine rings is 1. The van der Waals surface area contributed by atoms with E-state index in [-0.39, 0.29) is 22.5 Å². The third-order valence-electron chi connectivity index (χ3n) is 9.41. The molecule has 4 aliphatic carbocycles. The van der Waals surface area contributed by atoms with Crippen LogP contribution in [-0.4, -0.2) is 16.6 Å². The van der Waals surface area contributed by atoms with Crippen LogP contribution in [-0.2, 0) is 9.59 Å². The fraction of sp³-hybridized carbons (Fsp3) is 0.593. The van der Waals surface area contributed by atoms with Gasteiger partial charge < -0.3 is 0 Å². The summed E-state index contributed by atoms with van der Waals surface area (Å²) >= 11 is 0. The van der Waals surface area contributed by atoms with Crippen molar-refractivity contribution in [3.05, 3.63) is 47.8 Å². The van der Waals surface area contributed by atoms with E-state index in [0.717, 1.165) is 31.4 Å². The van der Waals surface area contributed by atoms with Crippen molar-refractivity contribution in [3.8, 4) is 0 Å². The summed E-state index contributed by atoms with van der Waals surface area (Å²) in [6, 6.07) is 5.79. The molecule has 1 aromatic rings. The van der Waals surface area contributed by atoms with Crippen molar-refractivity contribution >= 4 is 17.6 Å². The molecule has 158 valence electrons. The van der Waals surface area contributed by atoms with Gasteiger partial charge >= 0.3 is 0 Å². The zero-order valence-electron chi connectivity index (χ0n) is 18.3. The lowest BCUT2D eigenvalue weighted by molar-refractivity contribution is -0.126. The molecule has 1 aromatic heterocycles. The maximum absolute atomic E-state index is 13.2. The number of ketones is 2. The lowest BCUT2D eigenvalue weighted by Gasteiger charge is -2.58. The van der Waals surface area contributed by atoms with Crippen LogP contribution in [0.2, 0.25) is 0 Å². The van der Waals surface area contributed by atoms with Crippen molar-refractivity contribution in [2.75, 3.05) is 0 Å². The fourth-order valence-corrected chi connectivity index (χ4v) is 7.78. The normalized spacial score (nSPS) is 40.5. The van der Waals surface area contributed by atoms with Crippen LogP contribution >= 0.6 is 0 Å². The van der Waals surface area contributed by atoms with Crippen molar-refractivity contribution in [1.82, 2.24) is 4.98 Å². The smallest absolute Gasteiger partial charge is 0.159 e. The van der Waals surface area contributed by atoms with Crippen molar-refractivity contribution in [3.63, 3.8) is 0 Å². The van der Waals surface area contributed by atoms with Gasteiger partial charge in [-0.2, -0.15) is 0 Å². The number of rotatable bonds is 3. The summed E-state index contributed by atoms with van der Waals surface area (Å²) in [5.74, 6) is 2.78. The number of aromatic nitrogens is 1. The van der Waals surface area contributed by atoms with Crippen LogP contribution in [0.15, 0.2) is 42.1 Å². The number of hydrogen-bond donors (Lipinski definition) is 0. The molecule has 0 amide bonds. The van der Waals surface area contributed by atoms with Gasteiger partial charge in [-0.25, -0.2) is 0 Å². The molecule has 1 heterocycles. The predicted molar refractivity (Wildman–Crippen MR) is 118 cm³/mol. The van der Waals surface area contributed by atoms with Gasteiger partial charge in [0.25, 0.3) is 0 Å². The van der Waals surface area contributed by atoms with Gasteiger partial charge in [0.15, 0.2) is 11.6 Å². The first-order chi connectivity index (χ1) is 14.4. The van der Waals surface area contributed by atoms with Gasteiger partial charge in [-0.05, 0) is 104 Å². The summed E-state index contributed by atoms with van der Waals surface area (Å²) in [6.07, 6.45) is 16.0. The molecule has 0 spiro atoms. The first-order valence-electron chi connectivity index (χ1n) is 11.8. The molecule has 3 heteroatoms. The number of hydrogen-bond acceptors (Lipinski definition) is 3. The second-order valence-electron chi connectivity index (χ2n) is 10.6. The maximum atomic E-state index is 13.2. The molecule has 0 aliphatic heterocycles. The number of nitrogens with zero attached hydrogens (tertiary/aromatic N) is 1. The van der Waals surface area contributed by atoms with Crippen LogP contribution in [0.1, 0.15) is 70.9 Å². The molecule has 0 aromatic carbocycles. The number of carbonyl (C=O) groups is 2. The van der Waals surface area contributed by atoms with E-state index in [1.54, 1.807) is 12.3 Å². The lowest BCUT2D eigenvalue weighted by Crippen LogP contribution is -2.51. The Kier molecular flexibility index (Phi) is 4.83. The predicted octanol–water partition coefficient (Wildman–Crippen LogP) is 5.81. The average Bonchev–Trinajstić information content (AvgIpc) is 3.10. The van der Waals surface area contributed by atoms with E-state index < -0.39 is 0 Å². The molecule has 3 nitrogen and oxygen atoms in total. The summed E-state index contributed by atoms with van der Waals surface area (Å²) in [7, 11) is 0. The van der Waals surface area contributed by atoms with E-state index >= 15 is 0 Å². The van der Waals surface area contributed by atoms with Gasteiger partial charge in [0, 0.05) is 18.5 Å². The highest BCUT2D eigenvalue weighted by Crippen LogP contribution is 2.66. The Morgan fingerprint density at radius 1 is 1.07 bits per heavy atom. The quantitative estimate of drug-likeness (QED) is 0.598. The second kappa shape index (κ2) is 7.28. The molecule has 4 aliphatic rings. The summed E-state index contributed by atoms with van der Waals surface area (Å²) < 4.78 is 0. The van der Waals surface area contributed by atoms with E-state index in [1.807, 2.05) is 30.4 Å². The van der Waals surface area contributed by atoms with E-state index in [2.05, 4.69) is 18.8 Å². The largest absolute Gasteiger partial charge is 0.295 e. The Balaban J connectivity index is 1.37. The van der Waals surface area contributed by atoms with Crippen LogP contribution in [0.25, 0.3) is 6.08 Å². The Hall–Kier alpha value is -2.03. The molecule has 6 atom stereocenters. The van der Waals surface area contributed by atoms with Crippen LogP contribution in [0.5, 0.6) is 0 Å². The summed E-state index contributed by atoms with van der Waals surface area (Å²) in [4.78, 5) is 29.5. The van der Waals surface area contributed by atoms with Crippen LogP contribution < -0.4 is 0 Å². The number of carbonyl (C=O) groups excluding carboxylic acids is 2. The zero-order chi connectivity index (χ0) is 20.9. The van der Waals surface area contributed by atoms with Crippen molar-refractivity contribution < 1.29 is 9.59 Å². The first kappa shape index (κ1) is 19.9. The summed E-state index contributed by atoms with van der Waals surface area (Å²) in [5, 5.41) is 0. The third kappa shape index (κ3) is 3.04. The number of allylic oxidation sites excluding steroid dienone is 2. The SMILES string of the molecule is C[C@]12CCC(=O)C=C1CC[C@@H]1[C@@H]2CC[C@]2(C)C(C(=O)C=Cc3ccccn3)CC[C@@H]12. The average molecular weight is 404 g/mol. The van der Waals surface area contributed by atoms with Crippen molar-refractivity contribution in [1.29, 1.82) is 0 Å². The van der Waals surface area contributed by atoms with Gasteiger partial charge in [0.1, 0.15) is 0 Å². The lowest BCUT2D eigenvalue weighted by atomic mass is 9.46. The highest BCUT2D eigenvalue weighted by molar-refractivity contribution is 5.96. The van der Waals surface area contributed by atoms with E-state index in [9.17, 15) is 9.59 Å².